The molecule has 0 N–H and O–H groups in total. The molecule has 1 atom stereocenters. The van der Waals surface area contributed by atoms with Gasteiger partial charge in [0.25, 0.3) is 0 Å². The second-order valence-corrected chi connectivity index (χ2v) is 6.85. The van der Waals surface area contributed by atoms with E-state index in [1.807, 2.05) is 31.4 Å². The van der Waals surface area contributed by atoms with E-state index in [0.717, 1.165) is 38.8 Å². The Morgan fingerprint density at radius 2 is 2.08 bits per heavy atom. The molecular formula is C17H29N5O2. The SMILES string of the molecule is CN(C)C(=O)N1CCCC(C(=O)N(C)CCCc2cnn(C)c2)C1. The molecule has 0 aromatic carbocycles. The molecule has 1 fully saturated rings. The van der Waals surface area contributed by atoms with Crippen molar-refractivity contribution in [3.63, 3.8) is 0 Å². The lowest BCUT2D eigenvalue weighted by Gasteiger charge is -2.35. The van der Waals surface area contributed by atoms with Crippen LogP contribution in [0.3, 0.4) is 0 Å². The molecular weight excluding hydrogens is 306 g/mol. The van der Waals surface area contributed by atoms with Crippen LogP contribution in [0, 0.1) is 5.92 Å². The van der Waals surface area contributed by atoms with Crippen molar-refractivity contribution in [1.29, 1.82) is 0 Å². The summed E-state index contributed by atoms with van der Waals surface area (Å²) in [6.07, 6.45) is 7.46. The first-order chi connectivity index (χ1) is 11.4. The summed E-state index contributed by atoms with van der Waals surface area (Å²) in [7, 11) is 7.26. The van der Waals surface area contributed by atoms with Crippen LogP contribution in [0.5, 0.6) is 0 Å². The van der Waals surface area contributed by atoms with Gasteiger partial charge >= 0.3 is 6.03 Å². The van der Waals surface area contributed by atoms with Crippen LogP contribution in [-0.2, 0) is 18.3 Å². The Morgan fingerprint density at radius 1 is 1.33 bits per heavy atom. The summed E-state index contributed by atoms with van der Waals surface area (Å²) in [5.41, 5.74) is 1.19. The average Bonchev–Trinajstić information content (AvgIpc) is 2.98. The molecule has 0 spiro atoms. The van der Waals surface area contributed by atoms with Gasteiger partial charge in [-0.1, -0.05) is 0 Å². The van der Waals surface area contributed by atoms with Crippen LogP contribution < -0.4 is 0 Å². The van der Waals surface area contributed by atoms with Crippen LogP contribution in [0.4, 0.5) is 4.79 Å². The molecule has 1 aromatic heterocycles. The average molecular weight is 335 g/mol. The van der Waals surface area contributed by atoms with Gasteiger partial charge < -0.3 is 14.7 Å². The van der Waals surface area contributed by atoms with E-state index in [1.54, 1.807) is 28.6 Å². The smallest absolute Gasteiger partial charge is 0.319 e. The number of piperidine rings is 1. The predicted molar refractivity (Wildman–Crippen MR) is 92.5 cm³/mol. The lowest BCUT2D eigenvalue weighted by atomic mass is 9.96. The number of likely N-dealkylation sites (tertiary alicyclic amines) is 1. The van der Waals surface area contributed by atoms with Gasteiger partial charge in [-0.05, 0) is 31.2 Å². The first-order valence-electron chi connectivity index (χ1n) is 8.57. The number of hydrogen-bond acceptors (Lipinski definition) is 3. The summed E-state index contributed by atoms with van der Waals surface area (Å²) in [5.74, 6) is 0.0727. The van der Waals surface area contributed by atoms with Crippen LogP contribution >= 0.6 is 0 Å². The van der Waals surface area contributed by atoms with Crippen molar-refractivity contribution in [2.45, 2.75) is 25.7 Å². The lowest BCUT2D eigenvalue weighted by molar-refractivity contribution is -0.135. The van der Waals surface area contributed by atoms with Gasteiger partial charge in [0.2, 0.25) is 5.91 Å². The largest absolute Gasteiger partial charge is 0.345 e. The fourth-order valence-electron chi connectivity index (χ4n) is 3.18. The first-order valence-corrected chi connectivity index (χ1v) is 8.57. The molecule has 1 saturated heterocycles. The third-order valence-corrected chi connectivity index (χ3v) is 4.52. The number of rotatable bonds is 5. The molecule has 134 valence electrons. The third kappa shape index (κ3) is 4.72. The molecule has 2 rings (SSSR count). The van der Waals surface area contributed by atoms with E-state index in [-0.39, 0.29) is 17.9 Å². The Labute approximate surface area is 144 Å². The molecule has 1 aromatic rings. The van der Waals surface area contributed by atoms with Crippen LogP contribution in [0.2, 0.25) is 0 Å². The van der Waals surface area contributed by atoms with Crippen LogP contribution in [0.25, 0.3) is 0 Å². The molecule has 24 heavy (non-hydrogen) atoms. The Hall–Kier alpha value is -2.05. The highest BCUT2D eigenvalue weighted by Crippen LogP contribution is 2.19. The summed E-state index contributed by atoms with van der Waals surface area (Å²) < 4.78 is 1.79. The Bertz CT molecular complexity index is 569. The van der Waals surface area contributed by atoms with Crippen molar-refractivity contribution in [2.75, 3.05) is 40.8 Å². The number of hydrogen-bond donors (Lipinski definition) is 0. The van der Waals surface area contributed by atoms with Gasteiger partial charge in [-0.2, -0.15) is 5.10 Å². The van der Waals surface area contributed by atoms with Gasteiger partial charge in [0.1, 0.15) is 0 Å². The van der Waals surface area contributed by atoms with Crippen molar-refractivity contribution < 1.29 is 9.59 Å². The maximum atomic E-state index is 12.6. The molecule has 0 bridgehead atoms. The quantitative estimate of drug-likeness (QED) is 0.812. The topological polar surface area (TPSA) is 61.7 Å². The van der Waals surface area contributed by atoms with Gasteiger partial charge in [-0.25, -0.2) is 4.79 Å². The fourth-order valence-corrected chi connectivity index (χ4v) is 3.18. The van der Waals surface area contributed by atoms with Gasteiger partial charge in [0.05, 0.1) is 12.1 Å². The van der Waals surface area contributed by atoms with Gasteiger partial charge in [0, 0.05) is 54.0 Å². The monoisotopic (exact) mass is 335 g/mol. The lowest BCUT2D eigenvalue weighted by Crippen LogP contribution is -2.48. The van der Waals surface area contributed by atoms with Gasteiger partial charge in [-0.15, -0.1) is 0 Å². The molecule has 7 heteroatoms. The molecule has 1 aliphatic heterocycles. The van der Waals surface area contributed by atoms with E-state index in [1.165, 1.54) is 5.56 Å². The second kappa shape index (κ2) is 8.17. The zero-order valence-electron chi connectivity index (χ0n) is 15.2. The molecule has 0 saturated carbocycles. The third-order valence-electron chi connectivity index (χ3n) is 4.52. The van der Waals surface area contributed by atoms with Gasteiger partial charge in [0.15, 0.2) is 0 Å². The molecule has 3 amide bonds. The number of aryl methyl sites for hydroxylation is 2. The van der Waals surface area contributed by atoms with Crippen LogP contribution in [-0.4, -0.2) is 77.2 Å². The van der Waals surface area contributed by atoms with Crippen molar-refractivity contribution in [3.05, 3.63) is 18.0 Å². The number of aromatic nitrogens is 2. The van der Waals surface area contributed by atoms with Crippen LogP contribution in [0.1, 0.15) is 24.8 Å². The summed E-state index contributed by atoms with van der Waals surface area (Å²) in [6.45, 7) is 2.00. The Kier molecular flexibility index (Phi) is 6.23. The summed E-state index contributed by atoms with van der Waals surface area (Å²) >= 11 is 0. The van der Waals surface area contributed by atoms with E-state index in [4.69, 9.17) is 0 Å². The highest BCUT2D eigenvalue weighted by molar-refractivity contribution is 5.80. The van der Waals surface area contributed by atoms with Crippen LogP contribution in [0.15, 0.2) is 12.4 Å². The Balaban J connectivity index is 1.80. The minimum absolute atomic E-state index is 0.00766. The highest BCUT2D eigenvalue weighted by Gasteiger charge is 2.30. The normalized spacial score (nSPS) is 17.7. The van der Waals surface area contributed by atoms with Crippen molar-refractivity contribution in [1.82, 2.24) is 24.5 Å². The zero-order chi connectivity index (χ0) is 17.7. The predicted octanol–water partition coefficient (Wildman–Crippen LogP) is 1.20. The molecule has 1 aliphatic rings. The first kappa shape index (κ1) is 18.3. The maximum Gasteiger partial charge on any atom is 0.319 e. The number of amides is 3. The van der Waals surface area contributed by atoms with E-state index in [9.17, 15) is 9.59 Å². The fraction of sp³-hybridized carbons (Fsp3) is 0.706. The Morgan fingerprint density at radius 3 is 2.71 bits per heavy atom. The summed E-state index contributed by atoms with van der Waals surface area (Å²) in [5, 5.41) is 4.16. The molecule has 0 aliphatic carbocycles. The second-order valence-electron chi connectivity index (χ2n) is 6.85. The van der Waals surface area contributed by atoms with E-state index in [0.29, 0.717) is 6.54 Å². The van der Waals surface area contributed by atoms with Crippen molar-refractivity contribution in [3.8, 4) is 0 Å². The number of carbonyl (C=O) groups excluding carboxylic acids is 2. The molecule has 2 heterocycles. The minimum Gasteiger partial charge on any atom is -0.345 e. The highest BCUT2D eigenvalue weighted by atomic mass is 16.2. The van der Waals surface area contributed by atoms with E-state index >= 15 is 0 Å². The summed E-state index contributed by atoms with van der Waals surface area (Å²) in [4.78, 5) is 29.9. The van der Waals surface area contributed by atoms with E-state index < -0.39 is 0 Å². The zero-order valence-corrected chi connectivity index (χ0v) is 15.2. The maximum absolute atomic E-state index is 12.6. The number of urea groups is 1. The number of nitrogens with zero attached hydrogens (tertiary/aromatic N) is 5. The standard InChI is InChI=1S/C17H29N5O2/c1-19(2)17(24)22-10-6-8-15(13-22)16(23)20(3)9-5-7-14-11-18-21(4)12-14/h11-12,15H,5-10,13H2,1-4H3. The van der Waals surface area contributed by atoms with E-state index in [2.05, 4.69) is 5.10 Å². The van der Waals surface area contributed by atoms with Crippen molar-refractivity contribution >= 4 is 11.9 Å². The number of carbonyl (C=O) groups is 2. The van der Waals surface area contributed by atoms with Gasteiger partial charge in [-0.3, -0.25) is 9.48 Å². The molecule has 1 unspecified atom stereocenters. The summed E-state index contributed by atoms with van der Waals surface area (Å²) in [6, 6.07) is -0.00766. The molecule has 0 radical (unpaired) electrons. The van der Waals surface area contributed by atoms with Crippen molar-refractivity contribution in [2.24, 2.45) is 13.0 Å². The molecule has 7 nitrogen and oxygen atoms in total. The minimum atomic E-state index is -0.0777.